The summed E-state index contributed by atoms with van der Waals surface area (Å²) in [5, 5.41) is 2.66. The van der Waals surface area contributed by atoms with Gasteiger partial charge in [-0.15, -0.1) is 0 Å². The standard InChI is InChI=1S/C19H19F2NO4/c1-3-13-4-8-15(9-5-13)22-17(23)12(2)25-18(24)14-6-10-16(11-7-14)26-19(20)21/h4-12,19H,3H2,1-2H3,(H,22,23)/t12-/m0/s1. The molecule has 0 unspecified atom stereocenters. The molecule has 0 spiro atoms. The first-order valence-electron chi connectivity index (χ1n) is 8.04. The predicted octanol–water partition coefficient (Wildman–Crippen LogP) is 4.03. The third-order valence-corrected chi connectivity index (χ3v) is 3.60. The fourth-order valence-corrected chi connectivity index (χ4v) is 2.12. The van der Waals surface area contributed by atoms with Gasteiger partial charge in [0.25, 0.3) is 5.91 Å². The normalized spacial score (nSPS) is 11.7. The molecule has 1 N–H and O–H groups in total. The first kappa shape index (κ1) is 19.4. The molecule has 0 aliphatic carbocycles. The van der Waals surface area contributed by atoms with E-state index in [-0.39, 0.29) is 11.3 Å². The second-order valence-electron chi connectivity index (χ2n) is 5.49. The number of anilines is 1. The van der Waals surface area contributed by atoms with Crippen LogP contribution < -0.4 is 10.1 Å². The van der Waals surface area contributed by atoms with Crippen LogP contribution in [-0.4, -0.2) is 24.6 Å². The van der Waals surface area contributed by atoms with E-state index in [1.165, 1.54) is 31.2 Å². The fourth-order valence-electron chi connectivity index (χ4n) is 2.12. The van der Waals surface area contributed by atoms with E-state index >= 15 is 0 Å². The Balaban J connectivity index is 1.91. The second kappa shape index (κ2) is 8.94. The van der Waals surface area contributed by atoms with E-state index in [2.05, 4.69) is 10.1 Å². The van der Waals surface area contributed by atoms with Crippen LogP contribution in [0.15, 0.2) is 48.5 Å². The minimum atomic E-state index is -2.94. The van der Waals surface area contributed by atoms with Crippen molar-refractivity contribution in [1.29, 1.82) is 0 Å². The third-order valence-electron chi connectivity index (χ3n) is 3.60. The number of hydrogen-bond acceptors (Lipinski definition) is 4. The maximum absolute atomic E-state index is 12.1. The van der Waals surface area contributed by atoms with E-state index in [1.807, 2.05) is 19.1 Å². The predicted molar refractivity (Wildman–Crippen MR) is 92.4 cm³/mol. The number of nitrogens with one attached hydrogen (secondary N) is 1. The minimum Gasteiger partial charge on any atom is -0.449 e. The number of halogens is 2. The highest BCUT2D eigenvalue weighted by atomic mass is 19.3. The first-order chi connectivity index (χ1) is 12.4. The highest BCUT2D eigenvalue weighted by Crippen LogP contribution is 2.16. The average Bonchev–Trinajstić information content (AvgIpc) is 2.62. The molecule has 0 aliphatic rings. The molecule has 5 nitrogen and oxygen atoms in total. The number of rotatable bonds is 7. The average molecular weight is 363 g/mol. The Morgan fingerprint density at radius 3 is 2.19 bits per heavy atom. The lowest BCUT2D eigenvalue weighted by Crippen LogP contribution is -2.30. The summed E-state index contributed by atoms with van der Waals surface area (Å²) < 4.78 is 33.5. The Morgan fingerprint density at radius 1 is 1.04 bits per heavy atom. The second-order valence-corrected chi connectivity index (χ2v) is 5.49. The molecule has 7 heteroatoms. The van der Waals surface area contributed by atoms with Crippen LogP contribution in [0.1, 0.15) is 29.8 Å². The molecule has 2 aromatic carbocycles. The van der Waals surface area contributed by atoms with Crippen molar-refractivity contribution in [2.24, 2.45) is 0 Å². The molecule has 26 heavy (non-hydrogen) atoms. The van der Waals surface area contributed by atoms with Crippen LogP contribution in [0.4, 0.5) is 14.5 Å². The van der Waals surface area contributed by atoms with E-state index in [1.54, 1.807) is 12.1 Å². The topological polar surface area (TPSA) is 64.6 Å². The van der Waals surface area contributed by atoms with Crippen molar-refractivity contribution in [3.8, 4) is 5.75 Å². The number of alkyl halides is 2. The van der Waals surface area contributed by atoms with Gasteiger partial charge in [-0.3, -0.25) is 4.79 Å². The van der Waals surface area contributed by atoms with Crippen LogP contribution >= 0.6 is 0 Å². The van der Waals surface area contributed by atoms with Gasteiger partial charge in [0.2, 0.25) is 0 Å². The van der Waals surface area contributed by atoms with Crippen LogP contribution in [0.5, 0.6) is 5.75 Å². The molecule has 2 rings (SSSR count). The molecule has 0 saturated heterocycles. The number of esters is 1. The number of hydrogen-bond donors (Lipinski definition) is 1. The van der Waals surface area contributed by atoms with Crippen molar-refractivity contribution in [2.75, 3.05) is 5.32 Å². The molecule has 1 amide bonds. The maximum atomic E-state index is 12.1. The maximum Gasteiger partial charge on any atom is 0.387 e. The van der Waals surface area contributed by atoms with Crippen LogP contribution in [0.3, 0.4) is 0 Å². The van der Waals surface area contributed by atoms with Crippen molar-refractivity contribution in [3.63, 3.8) is 0 Å². The van der Waals surface area contributed by atoms with E-state index in [4.69, 9.17) is 4.74 Å². The lowest BCUT2D eigenvalue weighted by atomic mass is 10.1. The smallest absolute Gasteiger partial charge is 0.387 e. The lowest BCUT2D eigenvalue weighted by molar-refractivity contribution is -0.123. The number of amides is 1. The quantitative estimate of drug-likeness (QED) is 0.754. The van der Waals surface area contributed by atoms with Crippen molar-refractivity contribution in [1.82, 2.24) is 0 Å². The monoisotopic (exact) mass is 363 g/mol. The largest absolute Gasteiger partial charge is 0.449 e. The number of carbonyl (C=O) groups excluding carboxylic acids is 2. The summed E-state index contributed by atoms with van der Waals surface area (Å²) in [6, 6.07) is 12.4. The van der Waals surface area contributed by atoms with Gasteiger partial charge >= 0.3 is 12.6 Å². The van der Waals surface area contributed by atoms with Gasteiger partial charge in [-0.25, -0.2) is 4.79 Å². The highest BCUT2D eigenvalue weighted by molar-refractivity contribution is 5.97. The molecular weight excluding hydrogens is 344 g/mol. The summed E-state index contributed by atoms with van der Waals surface area (Å²) in [5.41, 5.74) is 1.86. The van der Waals surface area contributed by atoms with Crippen LogP contribution in [0, 0.1) is 0 Å². The molecule has 0 heterocycles. The van der Waals surface area contributed by atoms with E-state index in [0.29, 0.717) is 5.69 Å². The first-order valence-corrected chi connectivity index (χ1v) is 8.04. The number of aryl methyl sites for hydroxylation is 1. The van der Waals surface area contributed by atoms with E-state index in [9.17, 15) is 18.4 Å². The minimum absolute atomic E-state index is 0.0714. The van der Waals surface area contributed by atoms with E-state index in [0.717, 1.165) is 12.0 Å². The Bertz CT molecular complexity index is 745. The molecule has 0 saturated carbocycles. The Hall–Kier alpha value is -2.96. The molecule has 0 aliphatic heterocycles. The van der Waals surface area contributed by atoms with Gasteiger partial charge in [-0.05, 0) is 55.3 Å². The zero-order chi connectivity index (χ0) is 19.1. The summed E-state index contributed by atoms with van der Waals surface area (Å²) in [6.07, 6.45) is -0.131. The SMILES string of the molecule is CCc1ccc(NC(=O)[C@H](C)OC(=O)c2ccc(OC(F)F)cc2)cc1. The van der Waals surface area contributed by atoms with Gasteiger partial charge in [0.05, 0.1) is 5.56 Å². The molecule has 1 atom stereocenters. The van der Waals surface area contributed by atoms with Crippen molar-refractivity contribution in [2.45, 2.75) is 33.0 Å². The number of ether oxygens (including phenoxy) is 2. The summed E-state index contributed by atoms with van der Waals surface area (Å²) in [6.45, 7) is 0.534. The molecule has 138 valence electrons. The molecule has 0 bridgehead atoms. The Morgan fingerprint density at radius 2 is 1.65 bits per heavy atom. The summed E-state index contributed by atoms with van der Waals surface area (Å²) in [7, 11) is 0. The van der Waals surface area contributed by atoms with Crippen molar-refractivity contribution >= 4 is 17.6 Å². The lowest BCUT2D eigenvalue weighted by Gasteiger charge is -2.14. The molecule has 2 aromatic rings. The fraction of sp³-hybridized carbons (Fsp3) is 0.263. The highest BCUT2D eigenvalue weighted by Gasteiger charge is 2.19. The molecule has 0 radical (unpaired) electrons. The summed E-state index contributed by atoms with van der Waals surface area (Å²) in [5.74, 6) is -1.28. The van der Waals surface area contributed by atoms with Gasteiger partial charge in [-0.1, -0.05) is 19.1 Å². The molecule has 0 fully saturated rings. The van der Waals surface area contributed by atoms with Gasteiger partial charge in [0, 0.05) is 5.69 Å². The zero-order valence-corrected chi connectivity index (χ0v) is 14.4. The van der Waals surface area contributed by atoms with E-state index < -0.39 is 24.6 Å². The van der Waals surface area contributed by atoms with Gasteiger partial charge in [-0.2, -0.15) is 8.78 Å². The summed E-state index contributed by atoms with van der Waals surface area (Å²) >= 11 is 0. The summed E-state index contributed by atoms with van der Waals surface area (Å²) in [4.78, 5) is 24.2. The molecular formula is C19H19F2NO4. The third kappa shape index (κ3) is 5.54. The van der Waals surface area contributed by atoms with Crippen LogP contribution in [0.25, 0.3) is 0 Å². The van der Waals surface area contributed by atoms with Crippen LogP contribution in [-0.2, 0) is 16.0 Å². The van der Waals surface area contributed by atoms with Crippen LogP contribution in [0.2, 0.25) is 0 Å². The van der Waals surface area contributed by atoms with Crippen molar-refractivity contribution in [3.05, 3.63) is 59.7 Å². The Labute approximate surface area is 149 Å². The van der Waals surface area contributed by atoms with Crippen molar-refractivity contribution < 1.29 is 27.8 Å². The van der Waals surface area contributed by atoms with Gasteiger partial charge in [0.15, 0.2) is 6.10 Å². The number of benzene rings is 2. The molecule has 0 aromatic heterocycles. The zero-order valence-electron chi connectivity index (χ0n) is 14.4. The van der Waals surface area contributed by atoms with Gasteiger partial charge in [0.1, 0.15) is 5.75 Å². The number of carbonyl (C=O) groups is 2. The van der Waals surface area contributed by atoms with Gasteiger partial charge < -0.3 is 14.8 Å². The Kier molecular flexibility index (Phi) is 6.66.